The number of aromatic nitrogens is 3. The van der Waals surface area contributed by atoms with Crippen LogP contribution in [0.2, 0.25) is 5.15 Å². The highest BCUT2D eigenvalue weighted by Crippen LogP contribution is 2.11. The van der Waals surface area contributed by atoms with E-state index in [1.54, 1.807) is 12.1 Å². The summed E-state index contributed by atoms with van der Waals surface area (Å²) in [5.74, 6) is 0.264. The number of carbonyl (C=O) groups excluding carboxylic acids is 1. The molecule has 0 aromatic carbocycles. The van der Waals surface area contributed by atoms with Crippen molar-refractivity contribution in [2.45, 2.75) is 0 Å². The van der Waals surface area contributed by atoms with Gasteiger partial charge in [0.15, 0.2) is 17.8 Å². The zero-order valence-corrected chi connectivity index (χ0v) is 6.67. The molecule has 2 rings (SSSR count). The molecular weight excluding hydrogens is 178 g/mol. The van der Waals surface area contributed by atoms with Gasteiger partial charge in [-0.1, -0.05) is 11.6 Å². The minimum atomic E-state index is 0.264. The van der Waals surface area contributed by atoms with Crippen molar-refractivity contribution in [1.82, 2.24) is 15.0 Å². The Kier molecular flexibility index (Phi) is 1.55. The lowest BCUT2D eigenvalue weighted by Crippen LogP contribution is -1.79. The van der Waals surface area contributed by atoms with Crippen LogP contribution >= 0.6 is 11.6 Å². The summed E-state index contributed by atoms with van der Waals surface area (Å²) < 4.78 is 0. The molecule has 0 aliphatic carbocycles. The fourth-order valence-corrected chi connectivity index (χ4v) is 1.09. The van der Waals surface area contributed by atoms with Crippen LogP contribution in [-0.4, -0.2) is 21.2 Å². The van der Waals surface area contributed by atoms with E-state index in [2.05, 4.69) is 15.0 Å². The SMILES string of the molecule is O=Cc1nc2ccc(Cl)nc2[nH]1. The van der Waals surface area contributed by atoms with Crippen LogP contribution in [0.1, 0.15) is 10.6 Å². The summed E-state index contributed by atoms with van der Waals surface area (Å²) in [7, 11) is 0. The zero-order chi connectivity index (χ0) is 8.55. The van der Waals surface area contributed by atoms with E-state index in [4.69, 9.17) is 11.6 Å². The molecule has 0 spiro atoms. The Labute approximate surface area is 72.6 Å². The van der Waals surface area contributed by atoms with Crippen molar-refractivity contribution in [2.75, 3.05) is 0 Å². The first-order valence-corrected chi connectivity index (χ1v) is 3.65. The number of nitrogens with one attached hydrogen (secondary N) is 1. The van der Waals surface area contributed by atoms with E-state index in [0.29, 0.717) is 22.6 Å². The normalized spacial score (nSPS) is 10.4. The number of aromatic amines is 1. The number of halogens is 1. The van der Waals surface area contributed by atoms with Crippen molar-refractivity contribution < 1.29 is 4.79 Å². The van der Waals surface area contributed by atoms with Gasteiger partial charge in [-0.3, -0.25) is 4.79 Å². The largest absolute Gasteiger partial charge is 0.320 e. The first kappa shape index (κ1) is 7.24. The van der Waals surface area contributed by atoms with Crippen LogP contribution in [0, 0.1) is 0 Å². The van der Waals surface area contributed by atoms with E-state index in [0.717, 1.165) is 0 Å². The number of aldehydes is 1. The lowest BCUT2D eigenvalue weighted by Gasteiger charge is -1.86. The maximum Gasteiger partial charge on any atom is 0.185 e. The summed E-state index contributed by atoms with van der Waals surface area (Å²) in [5.41, 5.74) is 1.17. The topological polar surface area (TPSA) is 58.6 Å². The highest BCUT2D eigenvalue weighted by Gasteiger charge is 2.02. The maximum atomic E-state index is 10.3. The molecule has 0 saturated heterocycles. The van der Waals surface area contributed by atoms with Crippen LogP contribution in [0.4, 0.5) is 0 Å². The molecule has 0 aliphatic rings. The van der Waals surface area contributed by atoms with Crippen LogP contribution in [0.5, 0.6) is 0 Å². The van der Waals surface area contributed by atoms with Crippen molar-refractivity contribution in [2.24, 2.45) is 0 Å². The summed E-state index contributed by atoms with van der Waals surface area (Å²) in [6, 6.07) is 3.33. The summed E-state index contributed by atoms with van der Waals surface area (Å²) in [6.45, 7) is 0. The Hall–Kier alpha value is -1.42. The van der Waals surface area contributed by atoms with Crippen LogP contribution in [0.15, 0.2) is 12.1 Å². The Morgan fingerprint density at radius 3 is 3.00 bits per heavy atom. The van der Waals surface area contributed by atoms with E-state index in [9.17, 15) is 4.79 Å². The third-order valence-electron chi connectivity index (χ3n) is 1.44. The van der Waals surface area contributed by atoms with Gasteiger partial charge in [0.05, 0.1) is 0 Å². The van der Waals surface area contributed by atoms with Crippen LogP contribution < -0.4 is 0 Å². The van der Waals surface area contributed by atoms with E-state index in [-0.39, 0.29) is 5.82 Å². The number of hydrogen-bond acceptors (Lipinski definition) is 3. The average molecular weight is 182 g/mol. The number of pyridine rings is 1. The van der Waals surface area contributed by atoms with Crippen molar-refractivity contribution >= 4 is 29.1 Å². The Morgan fingerprint density at radius 2 is 2.25 bits per heavy atom. The van der Waals surface area contributed by atoms with Gasteiger partial charge in [0, 0.05) is 0 Å². The molecule has 4 nitrogen and oxygen atoms in total. The van der Waals surface area contributed by atoms with Crippen LogP contribution in [-0.2, 0) is 0 Å². The third-order valence-corrected chi connectivity index (χ3v) is 1.65. The predicted molar refractivity (Wildman–Crippen MR) is 44.3 cm³/mol. The molecule has 0 atom stereocenters. The third kappa shape index (κ3) is 1.06. The first-order valence-electron chi connectivity index (χ1n) is 3.27. The summed E-state index contributed by atoms with van der Waals surface area (Å²) in [5, 5.41) is 0.378. The van der Waals surface area contributed by atoms with Gasteiger partial charge in [-0.25, -0.2) is 9.97 Å². The second-order valence-corrected chi connectivity index (χ2v) is 2.63. The number of H-pyrrole nitrogens is 1. The summed E-state index contributed by atoms with van der Waals surface area (Å²) in [6.07, 6.45) is 0.635. The lowest BCUT2D eigenvalue weighted by molar-refractivity contribution is 0.111. The van der Waals surface area contributed by atoms with Gasteiger partial charge < -0.3 is 4.98 Å². The number of hydrogen-bond donors (Lipinski definition) is 1. The molecule has 2 aromatic rings. The van der Waals surface area contributed by atoms with Crippen molar-refractivity contribution in [1.29, 1.82) is 0 Å². The van der Waals surface area contributed by atoms with Crippen molar-refractivity contribution in [3.63, 3.8) is 0 Å². The molecule has 0 radical (unpaired) electrons. The number of rotatable bonds is 1. The molecule has 2 aromatic heterocycles. The average Bonchev–Trinajstić information content (AvgIpc) is 2.46. The standard InChI is InChI=1S/C7H4ClN3O/c8-5-2-1-4-7(10-5)11-6(3-12)9-4/h1-3H,(H,9,10,11). The Bertz CT molecular complexity index is 437. The van der Waals surface area contributed by atoms with Gasteiger partial charge in [0.1, 0.15) is 10.7 Å². The first-order chi connectivity index (χ1) is 5.79. The second-order valence-electron chi connectivity index (χ2n) is 2.24. The molecule has 0 amide bonds. The summed E-state index contributed by atoms with van der Waals surface area (Å²) in [4.78, 5) is 20.9. The van der Waals surface area contributed by atoms with E-state index >= 15 is 0 Å². The molecule has 0 fully saturated rings. The van der Waals surface area contributed by atoms with Crippen LogP contribution in [0.25, 0.3) is 11.2 Å². The van der Waals surface area contributed by atoms with Gasteiger partial charge in [0.2, 0.25) is 0 Å². The summed E-state index contributed by atoms with van der Waals surface area (Å²) >= 11 is 5.62. The quantitative estimate of drug-likeness (QED) is 0.535. The van der Waals surface area contributed by atoms with E-state index < -0.39 is 0 Å². The molecular formula is C7H4ClN3O. The highest BCUT2D eigenvalue weighted by molar-refractivity contribution is 6.29. The van der Waals surface area contributed by atoms with Crippen molar-refractivity contribution in [3.05, 3.63) is 23.1 Å². The maximum absolute atomic E-state index is 10.3. The van der Waals surface area contributed by atoms with Gasteiger partial charge in [-0.2, -0.15) is 0 Å². The predicted octanol–water partition coefficient (Wildman–Crippen LogP) is 1.42. The second kappa shape index (κ2) is 2.57. The van der Waals surface area contributed by atoms with Gasteiger partial charge in [-0.15, -0.1) is 0 Å². The van der Waals surface area contributed by atoms with Gasteiger partial charge >= 0.3 is 0 Å². The highest BCUT2D eigenvalue weighted by atomic mass is 35.5. The fraction of sp³-hybridized carbons (Fsp3) is 0. The molecule has 2 heterocycles. The number of imidazole rings is 1. The molecule has 0 bridgehead atoms. The van der Waals surface area contributed by atoms with E-state index in [1.807, 2.05) is 0 Å². The minimum Gasteiger partial charge on any atom is -0.320 e. The smallest absolute Gasteiger partial charge is 0.185 e. The number of carbonyl (C=O) groups is 1. The Balaban J connectivity index is 2.75. The van der Waals surface area contributed by atoms with E-state index in [1.165, 1.54) is 0 Å². The number of nitrogens with zero attached hydrogens (tertiary/aromatic N) is 2. The lowest BCUT2D eigenvalue weighted by atomic mass is 10.4. The van der Waals surface area contributed by atoms with Crippen molar-refractivity contribution in [3.8, 4) is 0 Å². The van der Waals surface area contributed by atoms with Crippen LogP contribution in [0.3, 0.4) is 0 Å². The molecule has 12 heavy (non-hydrogen) atoms. The molecule has 60 valence electrons. The van der Waals surface area contributed by atoms with Gasteiger partial charge in [-0.05, 0) is 12.1 Å². The van der Waals surface area contributed by atoms with Gasteiger partial charge in [0.25, 0.3) is 0 Å². The molecule has 1 N–H and O–H groups in total. The molecule has 0 unspecified atom stereocenters. The zero-order valence-electron chi connectivity index (χ0n) is 5.91. The number of fused-ring (bicyclic) bond motifs is 1. The monoisotopic (exact) mass is 181 g/mol. The molecule has 5 heteroatoms. The fourth-order valence-electron chi connectivity index (χ4n) is 0.945. The molecule has 0 saturated carbocycles. The molecule has 0 aliphatic heterocycles. The minimum absolute atomic E-state index is 0.264. The Morgan fingerprint density at radius 1 is 1.42 bits per heavy atom.